The lowest BCUT2D eigenvalue weighted by Gasteiger charge is -2.07. The topological polar surface area (TPSA) is 115 Å². The fourth-order valence-corrected chi connectivity index (χ4v) is 1.82. The van der Waals surface area contributed by atoms with Gasteiger partial charge in [-0.3, -0.25) is 14.2 Å². The number of hydrogen-bond acceptors (Lipinski definition) is 6. The second kappa shape index (κ2) is 6.28. The normalized spacial score (nSPS) is 10.4. The van der Waals surface area contributed by atoms with Crippen LogP contribution >= 0.6 is 15.9 Å². The minimum Gasteiger partial charge on any atom is -0.480 e. The minimum atomic E-state index is -1.09. The Morgan fingerprint density at radius 1 is 1.50 bits per heavy atom. The third-order valence-electron chi connectivity index (χ3n) is 2.36. The van der Waals surface area contributed by atoms with Gasteiger partial charge in [-0.25, -0.2) is 9.67 Å². The van der Waals surface area contributed by atoms with Crippen molar-refractivity contribution in [2.75, 3.05) is 11.9 Å². The molecule has 0 aliphatic carbocycles. The van der Waals surface area contributed by atoms with E-state index in [4.69, 9.17) is 5.11 Å². The summed E-state index contributed by atoms with van der Waals surface area (Å²) in [6.45, 7) is 0.509. The summed E-state index contributed by atoms with van der Waals surface area (Å²) in [6, 6.07) is 0. The van der Waals surface area contributed by atoms with Gasteiger partial charge in [0.1, 0.15) is 11.1 Å². The maximum atomic E-state index is 11.9. The molecule has 0 atom stereocenters. The van der Waals surface area contributed by atoms with Crippen molar-refractivity contribution < 1.29 is 9.90 Å². The van der Waals surface area contributed by atoms with E-state index in [1.165, 1.54) is 12.4 Å². The van der Waals surface area contributed by atoms with E-state index >= 15 is 0 Å². The second-order valence-corrected chi connectivity index (χ2v) is 4.65. The highest BCUT2D eigenvalue weighted by atomic mass is 79.9. The van der Waals surface area contributed by atoms with E-state index in [1.807, 2.05) is 0 Å². The van der Waals surface area contributed by atoms with Crippen LogP contribution in [0.15, 0.2) is 28.0 Å². The molecule has 0 aliphatic heterocycles. The van der Waals surface area contributed by atoms with Gasteiger partial charge in [0, 0.05) is 18.9 Å². The van der Waals surface area contributed by atoms with Crippen LogP contribution in [-0.4, -0.2) is 42.2 Å². The zero-order valence-electron chi connectivity index (χ0n) is 10.2. The SMILES string of the molecule is O=C(O)Cn1ccnc(NCCn2cc(Br)nn2)c1=O. The number of rotatable bonds is 6. The van der Waals surface area contributed by atoms with Gasteiger partial charge in [0.25, 0.3) is 5.56 Å². The van der Waals surface area contributed by atoms with Crippen LogP contribution in [0.25, 0.3) is 0 Å². The molecule has 0 saturated carbocycles. The van der Waals surface area contributed by atoms with Gasteiger partial charge in [0.15, 0.2) is 5.82 Å². The number of anilines is 1. The van der Waals surface area contributed by atoms with Gasteiger partial charge < -0.3 is 10.4 Å². The number of halogens is 1. The molecule has 0 amide bonds. The van der Waals surface area contributed by atoms with Gasteiger partial charge in [-0.05, 0) is 15.9 Å². The van der Waals surface area contributed by atoms with Crippen molar-refractivity contribution in [1.82, 2.24) is 24.5 Å². The number of carboxylic acids is 1. The van der Waals surface area contributed by atoms with E-state index in [0.29, 0.717) is 17.7 Å². The molecular weight excluding hydrogens is 332 g/mol. The van der Waals surface area contributed by atoms with Gasteiger partial charge in [-0.1, -0.05) is 5.21 Å². The summed E-state index contributed by atoms with van der Waals surface area (Å²) in [5.41, 5.74) is -0.477. The first-order chi connectivity index (χ1) is 9.56. The van der Waals surface area contributed by atoms with Crippen LogP contribution in [0.2, 0.25) is 0 Å². The number of aromatic nitrogens is 5. The Bertz CT molecular complexity index is 667. The van der Waals surface area contributed by atoms with Crippen LogP contribution in [0.4, 0.5) is 5.82 Å². The Morgan fingerprint density at radius 2 is 2.30 bits per heavy atom. The Kier molecular flexibility index (Phi) is 4.45. The lowest BCUT2D eigenvalue weighted by Crippen LogP contribution is -2.28. The monoisotopic (exact) mass is 342 g/mol. The van der Waals surface area contributed by atoms with Crippen molar-refractivity contribution in [1.29, 1.82) is 0 Å². The van der Waals surface area contributed by atoms with E-state index in [-0.39, 0.29) is 5.82 Å². The van der Waals surface area contributed by atoms with Gasteiger partial charge >= 0.3 is 5.97 Å². The molecule has 0 spiro atoms. The second-order valence-electron chi connectivity index (χ2n) is 3.83. The van der Waals surface area contributed by atoms with Crippen molar-refractivity contribution in [2.24, 2.45) is 0 Å². The largest absolute Gasteiger partial charge is 0.480 e. The molecule has 0 aromatic carbocycles. The molecule has 0 fully saturated rings. The highest BCUT2D eigenvalue weighted by Crippen LogP contribution is 2.01. The Balaban J connectivity index is 1.99. The van der Waals surface area contributed by atoms with Gasteiger partial charge in [-0.15, -0.1) is 5.10 Å². The Hall–Kier alpha value is -2.23. The highest BCUT2D eigenvalue weighted by Gasteiger charge is 2.07. The maximum absolute atomic E-state index is 11.9. The van der Waals surface area contributed by atoms with Gasteiger partial charge in [0.05, 0.1) is 12.7 Å². The Morgan fingerprint density at radius 3 is 2.95 bits per heavy atom. The van der Waals surface area contributed by atoms with Crippen molar-refractivity contribution in [2.45, 2.75) is 13.1 Å². The lowest BCUT2D eigenvalue weighted by atomic mass is 10.5. The highest BCUT2D eigenvalue weighted by molar-refractivity contribution is 9.10. The quantitative estimate of drug-likeness (QED) is 0.746. The first-order valence-corrected chi connectivity index (χ1v) is 6.42. The molecule has 2 rings (SSSR count). The smallest absolute Gasteiger partial charge is 0.323 e. The number of nitrogens with zero attached hydrogens (tertiary/aromatic N) is 5. The van der Waals surface area contributed by atoms with Crippen LogP contribution in [0, 0.1) is 0 Å². The fourth-order valence-electron chi connectivity index (χ4n) is 1.51. The maximum Gasteiger partial charge on any atom is 0.323 e. The average molecular weight is 343 g/mol. The third kappa shape index (κ3) is 3.63. The number of nitrogens with one attached hydrogen (secondary N) is 1. The van der Waals surface area contributed by atoms with Crippen molar-refractivity contribution >= 4 is 27.7 Å². The predicted molar refractivity (Wildman–Crippen MR) is 72.3 cm³/mol. The van der Waals surface area contributed by atoms with Crippen LogP contribution in [0.3, 0.4) is 0 Å². The molecule has 0 radical (unpaired) electrons. The number of carbonyl (C=O) groups is 1. The molecule has 2 aromatic heterocycles. The number of carboxylic acid groups (broad SMARTS) is 1. The van der Waals surface area contributed by atoms with E-state index in [0.717, 1.165) is 4.57 Å². The lowest BCUT2D eigenvalue weighted by molar-refractivity contribution is -0.137. The molecule has 9 nitrogen and oxygen atoms in total. The van der Waals surface area contributed by atoms with Crippen LogP contribution < -0.4 is 10.9 Å². The van der Waals surface area contributed by atoms with Crippen molar-refractivity contribution in [3.8, 4) is 0 Å². The van der Waals surface area contributed by atoms with E-state index in [1.54, 1.807) is 10.9 Å². The molecule has 0 saturated heterocycles. The summed E-state index contributed by atoms with van der Waals surface area (Å²) in [4.78, 5) is 26.4. The van der Waals surface area contributed by atoms with Crippen LogP contribution in [-0.2, 0) is 17.9 Å². The van der Waals surface area contributed by atoms with Crippen LogP contribution in [0.5, 0.6) is 0 Å². The summed E-state index contributed by atoms with van der Waals surface area (Å²) in [6.07, 6.45) is 4.40. The molecule has 10 heteroatoms. The zero-order chi connectivity index (χ0) is 14.5. The van der Waals surface area contributed by atoms with Gasteiger partial charge in [-0.2, -0.15) is 0 Å². The molecule has 0 bridgehead atoms. The zero-order valence-corrected chi connectivity index (χ0v) is 11.8. The molecule has 20 heavy (non-hydrogen) atoms. The Labute approximate surface area is 121 Å². The molecule has 2 aromatic rings. The van der Waals surface area contributed by atoms with Gasteiger partial charge in [0.2, 0.25) is 0 Å². The number of hydrogen-bond donors (Lipinski definition) is 2. The van der Waals surface area contributed by atoms with Crippen LogP contribution in [0.1, 0.15) is 0 Å². The summed E-state index contributed by atoms with van der Waals surface area (Å²) >= 11 is 3.18. The number of aliphatic carboxylic acids is 1. The summed E-state index contributed by atoms with van der Waals surface area (Å²) in [5, 5.41) is 19.1. The molecule has 2 heterocycles. The fraction of sp³-hybridized carbons (Fsp3) is 0.300. The molecule has 0 unspecified atom stereocenters. The van der Waals surface area contributed by atoms with E-state index in [2.05, 4.69) is 36.5 Å². The van der Waals surface area contributed by atoms with Crippen molar-refractivity contribution in [3.63, 3.8) is 0 Å². The van der Waals surface area contributed by atoms with E-state index < -0.39 is 18.1 Å². The predicted octanol–water partition coefficient (Wildman–Crippen LogP) is -0.206. The standard InChI is InChI=1S/C10H11BrN6O3/c11-7-5-17(15-14-7)4-2-13-9-10(20)16(3-1-12-9)6-8(18)19/h1,3,5H,2,4,6H2,(H,12,13)(H,18,19). The molecular formula is C10H11BrN6O3. The molecule has 106 valence electrons. The summed E-state index contributed by atoms with van der Waals surface area (Å²) in [5.74, 6) is -0.982. The first-order valence-electron chi connectivity index (χ1n) is 5.63. The average Bonchev–Trinajstić information content (AvgIpc) is 2.79. The molecule has 0 aliphatic rings. The minimum absolute atomic E-state index is 0.105. The van der Waals surface area contributed by atoms with E-state index in [9.17, 15) is 9.59 Å². The van der Waals surface area contributed by atoms with Crippen molar-refractivity contribution in [3.05, 3.63) is 33.5 Å². The first kappa shape index (κ1) is 14.2. The summed E-state index contributed by atoms with van der Waals surface area (Å²) < 4.78 is 3.29. The summed E-state index contributed by atoms with van der Waals surface area (Å²) in [7, 11) is 0. The molecule has 2 N–H and O–H groups in total. The third-order valence-corrected chi connectivity index (χ3v) is 2.73.